The van der Waals surface area contributed by atoms with Crippen molar-refractivity contribution in [3.05, 3.63) is 88.2 Å². The van der Waals surface area contributed by atoms with Crippen LogP contribution in [0.15, 0.2) is 70.9 Å². The molecule has 0 aliphatic heterocycles. The van der Waals surface area contributed by atoms with Crippen molar-refractivity contribution in [2.45, 2.75) is 31.8 Å². The van der Waals surface area contributed by atoms with Crippen LogP contribution < -0.4 is 10.9 Å². The van der Waals surface area contributed by atoms with Gasteiger partial charge in [0.05, 0.1) is 17.0 Å². The first-order valence-corrected chi connectivity index (χ1v) is 12.6. The highest BCUT2D eigenvalue weighted by Gasteiger charge is 2.23. The number of benzene rings is 2. The summed E-state index contributed by atoms with van der Waals surface area (Å²) in [6.45, 7) is 4.88. The third-order valence-electron chi connectivity index (χ3n) is 5.76. The lowest BCUT2D eigenvalue weighted by atomic mass is 10.1. The molecule has 4 aromatic rings. The zero-order valence-electron chi connectivity index (χ0n) is 19.4. The van der Waals surface area contributed by atoms with Crippen LogP contribution in [-0.2, 0) is 23.1 Å². The fourth-order valence-corrected chi connectivity index (χ4v) is 5.42. The molecule has 2 aromatic heterocycles. The molecular weight excluding hydrogens is 468 g/mol. The van der Waals surface area contributed by atoms with E-state index in [1.807, 2.05) is 24.3 Å². The van der Waals surface area contributed by atoms with Crippen molar-refractivity contribution in [3.63, 3.8) is 0 Å². The van der Waals surface area contributed by atoms with Crippen LogP contribution in [0.3, 0.4) is 0 Å². The van der Waals surface area contributed by atoms with Gasteiger partial charge in [0.15, 0.2) is 0 Å². The van der Waals surface area contributed by atoms with Crippen LogP contribution in [0.4, 0.5) is 0 Å². The Morgan fingerprint density at radius 3 is 2.51 bits per heavy atom. The normalized spacial score (nSPS) is 11.7. The Morgan fingerprint density at radius 1 is 1.09 bits per heavy atom. The van der Waals surface area contributed by atoms with E-state index in [1.54, 1.807) is 24.9 Å². The average molecular weight is 495 g/mol. The monoisotopic (exact) mass is 494 g/mol. The molecule has 0 unspecified atom stereocenters. The van der Waals surface area contributed by atoms with E-state index < -0.39 is 21.5 Å². The number of carbonyl (C=O) groups is 1. The summed E-state index contributed by atoms with van der Waals surface area (Å²) < 4.78 is 29.0. The summed E-state index contributed by atoms with van der Waals surface area (Å²) in [5.41, 5.74) is 1.88. The summed E-state index contributed by atoms with van der Waals surface area (Å²) in [6.07, 6.45) is 3.07. The highest BCUT2D eigenvalue weighted by molar-refractivity contribution is 7.89. The predicted octanol–water partition coefficient (Wildman–Crippen LogP) is 2.13. The van der Waals surface area contributed by atoms with E-state index in [9.17, 15) is 18.0 Å². The van der Waals surface area contributed by atoms with Gasteiger partial charge in [0.25, 0.3) is 5.91 Å². The Kier molecular flexibility index (Phi) is 7.08. The lowest BCUT2D eigenvalue weighted by Crippen LogP contribution is -2.30. The predicted molar refractivity (Wildman–Crippen MR) is 131 cm³/mol. The number of hydrogen-bond acceptors (Lipinski definition) is 6. The average Bonchev–Trinajstić information content (AvgIpc) is 3.36. The van der Waals surface area contributed by atoms with Gasteiger partial charge in [-0.3, -0.25) is 9.59 Å². The van der Waals surface area contributed by atoms with Gasteiger partial charge in [0.2, 0.25) is 15.6 Å². The molecule has 0 saturated heterocycles. The molecule has 182 valence electrons. The number of nitrogens with one attached hydrogen (secondary N) is 2. The minimum atomic E-state index is -3.73. The second-order valence-corrected chi connectivity index (χ2v) is 9.83. The van der Waals surface area contributed by atoms with E-state index in [2.05, 4.69) is 20.4 Å². The number of fused-ring (bicyclic) bond motifs is 1. The van der Waals surface area contributed by atoms with Crippen molar-refractivity contribution in [1.29, 1.82) is 0 Å². The molecule has 0 atom stereocenters. The van der Waals surface area contributed by atoms with E-state index >= 15 is 0 Å². The van der Waals surface area contributed by atoms with Gasteiger partial charge in [0.1, 0.15) is 12.7 Å². The molecule has 0 saturated carbocycles. The first-order valence-electron chi connectivity index (χ1n) is 11.2. The quantitative estimate of drug-likeness (QED) is 0.367. The third kappa shape index (κ3) is 5.15. The summed E-state index contributed by atoms with van der Waals surface area (Å²) >= 11 is 0. The SMILES string of the molecule is CCN(CC)S(=O)(=O)c1ccc2[nH]c(=O)cc(C(=O)NCc3ccccc3Cn3cncn3)c2c1. The lowest BCUT2D eigenvalue weighted by molar-refractivity contribution is 0.0952. The van der Waals surface area contributed by atoms with Crippen LogP contribution in [0.2, 0.25) is 0 Å². The molecule has 11 heteroatoms. The molecule has 1 amide bonds. The lowest BCUT2D eigenvalue weighted by Gasteiger charge is -2.19. The number of aromatic amines is 1. The van der Waals surface area contributed by atoms with Gasteiger partial charge < -0.3 is 10.3 Å². The first-order chi connectivity index (χ1) is 16.8. The molecule has 10 nitrogen and oxygen atoms in total. The summed E-state index contributed by atoms with van der Waals surface area (Å²) in [7, 11) is -3.73. The highest BCUT2D eigenvalue weighted by Crippen LogP contribution is 2.23. The van der Waals surface area contributed by atoms with Crippen LogP contribution in [0.1, 0.15) is 35.3 Å². The molecule has 2 N–H and O–H groups in total. The van der Waals surface area contributed by atoms with E-state index in [0.29, 0.717) is 30.5 Å². The number of hydrogen-bond donors (Lipinski definition) is 2. The third-order valence-corrected chi connectivity index (χ3v) is 7.80. The number of sulfonamides is 1. The van der Waals surface area contributed by atoms with Crippen LogP contribution in [0, 0.1) is 0 Å². The van der Waals surface area contributed by atoms with E-state index in [-0.39, 0.29) is 17.0 Å². The molecule has 0 spiro atoms. The van der Waals surface area contributed by atoms with E-state index in [1.165, 1.54) is 34.9 Å². The number of aromatic nitrogens is 4. The number of rotatable bonds is 9. The first kappa shape index (κ1) is 24.3. The number of carbonyl (C=O) groups excluding carboxylic acids is 1. The van der Waals surface area contributed by atoms with Crippen molar-refractivity contribution in [2.75, 3.05) is 13.1 Å². The van der Waals surface area contributed by atoms with Crippen molar-refractivity contribution >= 4 is 26.8 Å². The van der Waals surface area contributed by atoms with Gasteiger partial charge in [-0.1, -0.05) is 38.1 Å². The van der Waals surface area contributed by atoms with Crippen molar-refractivity contribution < 1.29 is 13.2 Å². The van der Waals surface area contributed by atoms with Gasteiger partial charge in [-0.05, 0) is 29.3 Å². The molecule has 0 fully saturated rings. The van der Waals surface area contributed by atoms with Crippen LogP contribution >= 0.6 is 0 Å². The van der Waals surface area contributed by atoms with Crippen LogP contribution in [-0.4, -0.2) is 51.5 Å². The zero-order valence-corrected chi connectivity index (χ0v) is 20.2. The number of pyridine rings is 1. The Bertz CT molecular complexity index is 1510. The maximum atomic E-state index is 13.2. The fourth-order valence-electron chi connectivity index (χ4n) is 3.94. The standard InChI is InChI=1S/C24H26N6O4S/c1-3-30(4-2)35(33,34)19-9-10-22-20(11-19)21(12-23(31)28-22)24(32)26-13-17-7-5-6-8-18(17)14-29-16-25-15-27-29/h5-12,15-16H,3-4,13-14H2,1-2H3,(H,26,32)(H,28,31). The smallest absolute Gasteiger partial charge is 0.252 e. The van der Waals surface area contributed by atoms with Crippen molar-refractivity contribution in [1.82, 2.24) is 29.4 Å². The molecule has 2 heterocycles. The van der Waals surface area contributed by atoms with Gasteiger partial charge in [-0.15, -0.1) is 0 Å². The molecule has 4 rings (SSSR count). The largest absolute Gasteiger partial charge is 0.348 e. The Balaban J connectivity index is 1.65. The molecule has 0 aliphatic rings. The summed E-state index contributed by atoms with van der Waals surface area (Å²) in [4.78, 5) is 32.1. The number of H-pyrrole nitrogens is 1. The van der Waals surface area contributed by atoms with Gasteiger partial charge in [-0.2, -0.15) is 9.40 Å². The summed E-state index contributed by atoms with van der Waals surface area (Å²) in [5, 5.41) is 7.33. The number of nitrogens with zero attached hydrogens (tertiary/aromatic N) is 4. The molecule has 35 heavy (non-hydrogen) atoms. The molecule has 0 aliphatic carbocycles. The molecular formula is C24H26N6O4S. The maximum Gasteiger partial charge on any atom is 0.252 e. The summed E-state index contributed by atoms with van der Waals surface area (Å²) in [5.74, 6) is -0.478. The Hall–Kier alpha value is -3.83. The van der Waals surface area contributed by atoms with Crippen molar-refractivity contribution in [2.24, 2.45) is 0 Å². The Morgan fingerprint density at radius 2 is 1.83 bits per heavy atom. The minimum absolute atomic E-state index is 0.0629. The second-order valence-electron chi connectivity index (χ2n) is 7.89. The van der Waals surface area contributed by atoms with Crippen LogP contribution in [0.25, 0.3) is 10.9 Å². The maximum absolute atomic E-state index is 13.2. The topological polar surface area (TPSA) is 130 Å². The zero-order chi connectivity index (χ0) is 25.0. The van der Waals surface area contributed by atoms with E-state index in [0.717, 1.165) is 11.1 Å². The summed E-state index contributed by atoms with van der Waals surface area (Å²) in [6, 6.07) is 13.2. The molecule has 0 radical (unpaired) electrons. The van der Waals surface area contributed by atoms with Crippen molar-refractivity contribution in [3.8, 4) is 0 Å². The molecule has 0 bridgehead atoms. The molecule has 2 aromatic carbocycles. The second kappa shape index (κ2) is 10.2. The van der Waals surface area contributed by atoms with Crippen LogP contribution in [0.5, 0.6) is 0 Å². The Labute approximate surface area is 202 Å². The minimum Gasteiger partial charge on any atom is -0.348 e. The van der Waals surface area contributed by atoms with E-state index in [4.69, 9.17) is 0 Å². The van der Waals surface area contributed by atoms with Gasteiger partial charge in [0, 0.05) is 36.6 Å². The number of amides is 1. The van der Waals surface area contributed by atoms with Gasteiger partial charge in [-0.25, -0.2) is 18.1 Å². The van der Waals surface area contributed by atoms with Gasteiger partial charge >= 0.3 is 0 Å². The fraction of sp³-hybridized carbons (Fsp3) is 0.250. The highest BCUT2D eigenvalue weighted by atomic mass is 32.2.